The van der Waals surface area contributed by atoms with Gasteiger partial charge in [-0.1, -0.05) is 26.0 Å². The van der Waals surface area contributed by atoms with Crippen LogP contribution in [0.25, 0.3) is 0 Å². The average Bonchev–Trinajstić information content (AvgIpc) is 2.42. The Hall–Kier alpha value is -1.02. The summed E-state index contributed by atoms with van der Waals surface area (Å²) in [5.74, 6) is 1.87. The molecule has 1 fully saturated rings. The smallest absolute Gasteiger partial charge is 0.251 e. The van der Waals surface area contributed by atoms with Gasteiger partial charge in [0.1, 0.15) is 0 Å². The molecule has 3 atom stereocenters. The first kappa shape index (κ1) is 14.4. The van der Waals surface area contributed by atoms with Gasteiger partial charge in [-0.15, -0.1) is 11.6 Å². The van der Waals surface area contributed by atoms with Crippen molar-refractivity contribution in [2.75, 3.05) is 0 Å². The fourth-order valence-electron chi connectivity index (χ4n) is 2.88. The van der Waals surface area contributed by atoms with E-state index in [-0.39, 0.29) is 5.91 Å². The Bertz CT molecular complexity index is 429. The molecule has 3 unspecified atom stereocenters. The van der Waals surface area contributed by atoms with Gasteiger partial charge in [0.05, 0.1) is 0 Å². The van der Waals surface area contributed by atoms with E-state index in [0.29, 0.717) is 17.8 Å². The molecule has 0 aliphatic heterocycles. The SMILES string of the molecule is CC1CCC(NC(=O)c2ccc(CCl)cc2)C(C)C1. The molecule has 1 aliphatic rings. The summed E-state index contributed by atoms with van der Waals surface area (Å²) in [7, 11) is 0. The third-order valence-electron chi connectivity index (χ3n) is 4.12. The van der Waals surface area contributed by atoms with Crippen molar-refractivity contribution in [3.8, 4) is 0 Å². The van der Waals surface area contributed by atoms with Gasteiger partial charge in [0.25, 0.3) is 5.91 Å². The lowest BCUT2D eigenvalue weighted by molar-refractivity contribution is 0.0899. The molecule has 19 heavy (non-hydrogen) atoms. The van der Waals surface area contributed by atoms with Gasteiger partial charge in [-0.3, -0.25) is 4.79 Å². The topological polar surface area (TPSA) is 29.1 Å². The first-order valence-electron chi connectivity index (χ1n) is 7.06. The number of carbonyl (C=O) groups is 1. The van der Waals surface area contributed by atoms with Crippen LogP contribution in [0.1, 0.15) is 49.0 Å². The molecule has 0 spiro atoms. The Morgan fingerprint density at radius 1 is 1.26 bits per heavy atom. The van der Waals surface area contributed by atoms with Gasteiger partial charge < -0.3 is 5.32 Å². The molecule has 1 aromatic carbocycles. The Balaban J connectivity index is 1.96. The highest BCUT2D eigenvalue weighted by atomic mass is 35.5. The largest absolute Gasteiger partial charge is 0.349 e. The molecular formula is C16H22ClNO. The summed E-state index contributed by atoms with van der Waals surface area (Å²) < 4.78 is 0. The second-order valence-corrected chi connectivity index (χ2v) is 6.07. The predicted molar refractivity (Wildman–Crippen MR) is 79.4 cm³/mol. The third-order valence-corrected chi connectivity index (χ3v) is 4.43. The zero-order valence-corrected chi connectivity index (χ0v) is 12.4. The molecular weight excluding hydrogens is 258 g/mol. The van der Waals surface area contributed by atoms with Gasteiger partial charge in [0, 0.05) is 17.5 Å². The second kappa shape index (κ2) is 6.42. The van der Waals surface area contributed by atoms with Gasteiger partial charge in [-0.05, 0) is 48.8 Å². The lowest BCUT2D eigenvalue weighted by Gasteiger charge is -2.33. The highest BCUT2D eigenvalue weighted by Gasteiger charge is 2.26. The van der Waals surface area contributed by atoms with Crippen LogP contribution in [-0.4, -0.2) is 11.9 Å². The van der Waals surface area contributed by atoms with E-state index in [1.54, 1.807) is 0 Å². The number of nitrogens with one attached hydrogen (secondary N) is 1. The van der Waals surface area contributed by atoms with E-state index in [1.165, 1.54) is 12.8 Å². The molecule has 2 rings (SSSR count). The van der Waals surface area contributed by atoms with Crippen molar-refractivity contribution in [1.82, 2.24) is 5.32 Å². The summed E-state index contributed by atoms with van der Waals surface area (Å²) >= 11 is 5.75. The number of rotatable bonds is 3. The number of hydrogen-bond donors (Lipinski definition) is 1. The summed E-state index contributed by atoms with van der Waals surface area (Å²) in [6, 6.07) is 7.84. The number of halogens is 1. The molecule has 0 aromatic heterocycles. The number of carbonyl (C=O) groups excluding carboxylic acids is 1. The molecule has 1 aromatic rings. The summed E-state index contributed by atoms with van der Waals surface area (Å²) in [5.41, 5.74) is 1.76. The van der Waals surface area contributed by atoms with Gasteiger partial charge in [-0.25, -0.2) is 0 Å². The van der Waals surface area contributed by atoms with Crippen molar-refractivity contribution in [1.29, 1.82) is 0 Å². The van der Waals surface area contributed by atoms with Crippen LogP contribution in [0.4, 0.5) is 0 Å². The molecule has 0 heterocycles. The molecule has 1 amide bonds. The van der Waals surface area contributed by atoms with Crippen molar-refractivity contribution in [3.05, 3.63) is 35.4 Å². The van der Waals surface area contributed by atoms with Crippen molar-refractivity contribution in [2.45, 2.75) is 45.0 Å². The molecule has 104 valence electrons. The van der Waals surface area contributed by atoms with Crippen LogP contribution in [0.2, 0.25) is 0 Å². The molecule has 0 radical (unpaired) electrons. The summed E-state index contributed by atoms with van der Waals surface area (Å²) in [5, 5.41) is 3.17. The van der Waals surface area contributed by atoms with Gasteiger partial charge >= 0.3 is 0 Å². The minimum atomic E-state index is 0.0347. The van der Waals surface area contributed by atoms with Crippen molar-refractivity contribution < 1.29 is 4.79 Å². The molecule has 1 N–H and O–H groups in total. The lowest BCUT2D eigenvalue weighted by atomic mass is 9.80. The number of hydrogen-bond acceptors (Lipinski definition) is 1. The molecule has 2 nitrogen and oxygen atoms in total. The Labute approximate surface area is 120 Å². The summed E-state index contributed by atoms with van der Waals surface area (Å²) in [6.07, 6.45) is 3.50. The van der Waals surface area contributed by atoms with Crippen LogP contribution in [0.3, 0.4) is 0 Å². The molecule has 1 saturated carbocycles. The zero-order valence-electron chi connectivity index (χ0n) is 11.7. The predicted octanol–water partition coefficient (Wildman–Crippen LogP) is 3.98. The van der Waals surface area contributed by atoms with E-state index < -0.39 is 0 Å². The van der Waals surface area contributed by atoms with Crippen molar-refractivity contribution >= 4 is 17.5 Å². The van der Waals surface area contributed by atoms with Gasteiger partial charge in [-0.2, -0.15) is 0 Å². The Morgan fingerprint density at radius 3 is 2.53 bits per heavy atom. The van der Waals surface area contributed by atoms with E-state index in [2.05, 4.69) is 19.2 Å². The van der Waals surface area contributed by atoms with Crippen LogP contribution in [0.5, 0.6) is 0 Å². The first-order chi connectivity index (χ1) is 9.10. The molecule has 1 aliphatic carbocycles. The first-order valence-corrected chi connectivity index (χ1v) is 7.59. The summed E-state index contributed by atoms with van der Waals surface area (Å²) in [4.78, 5) is 12.2. The highest BCUT2D eigenvalue weighted by molar-refractivity contribution is 6.17. The number of amides is 1. The normalized spacial score (nSPS) is 27.0. The van der Waals surface area contributed by atoms with Crippen molar-refractivity contribution in [2.24, 2.45) is 11.8 Å². The maximum Gasteiger partial charge on any atom is 0.251 e. The standard InChI is InChI=1S/C16H22ClNO/c1-11-3-8-15(12(2)9-11)18-16(19)14-6-4-13(10-17)5-7-14/h4-7,11-12,15H,3,8-10H2,1-2H3,(H,18,19). The highest BCUT2D eigenvalue weighted by Crippen LogP contribution is 2.28. The zero-order chi connectivity index (χ0) is 13.8. The number of benzene rings is 1. The Morgan fingerprint density at radius 2 is 1.95 bits per heavy atom. The van der Waals surface area contributed by atoms with Crippen LogP contribution in [0, 0.1) is 11.8 Å². The van der Waals surface area contributed by atoms with Crippen LogP contribution in [0.15, 0.2) is 24.3 Å². The van der Waals surface area contributed by atoms with E-state index in [0.717, 1.165) is 23.5 Å². The maximum absolute atomic E-state index is 12.2. The van der Waals surface area contributed by atoms with Crippen LogP contribution < -0.4 is 5.32 Å². The lowest BCUT2D eigenvalue weighted by Crippen LogP contribution is -2.42. The second-order valence-electron chi connectivity index (χ2n) is 5.81. The fraction of sp³-hybridized carbons (Fsp3) is 0.562. The minimum Gasteiger partial charge on any atom is -0.349 e. The maximum atomic E-state index is 12.2. The Kier molecular flexibility index (Phi) is 4.87. The minimum absolute atomic E-state index is 0.0347. The molecule has 3 heteroatoms. The average molecular weight is 280 g/mol. The van der Waals surface area contributed by atoms with Gasteiger partial charge in [0.15, 0.2) is 0 Å². The quantitative estimate of drug-likeness (QED) is 0.833. The van der Waals surface area contributed by atoms with E-state index in [9.17, 15) is 4.79 Å². The number of alkyl halides is 1. The van der Waals surface area contributed by atoms with Crippen molar-refractivity contribution in [3.63, 3.8) is 0 Å². The third kappa shape index (κ3) is 3.73. The van der Waals surface area contributed by atoms with Crippen LogP contribution >= 0.6 is 11.6 Å². The van der Waals surface area contributed by atoms with Gasteiger partial charge in [0.2, 0.25) is 0 Å². The van der Waals surface area contributed by atoms with E-state index in [1.807, 2.05) is 24.3 Å². The van der Waals surface area contributed by atoms with E-state index >= 15 is 0 Å². The fourth-order valence-corrected chi connectivity index (χ4v) is 3.05. The monoisotopic (exact) mass is 279 g/mol. The van der Waals surface area contributed by atoms with E-state index in [4.69, 9.17) is 11.6 Å². The molecule has 0 bridgehead atoms. The molecule has 0 saturated heterocycles. The van der Waals surface area contributed by atoms with Crippen LogP contribution in [-0.2, 0) is 5.88 Å². The summed E-state index contributed by atoms with van der Waals surface area (Å²) in [6.45, 7) is 4.52.